The molecule has 0 atom stereocenters. The molecule has 0 saturated carbocycles. The van der Waals surface area contributed by atoms with Crippen molar-refractivity contribution < 1.29 is 18.0 Å². The fraction of sp³-hybridized carbons (Fsp3) is 0.625. The molecule has 2 heterocycles. The second-order valence-corrected chi connectivity index (χ2v) is 10.9. The van der Waals surface area contributed by atoms with Gasteiger partial charge in [-0.25, -0.2) is 12.7 Å². The Bertz CT molecular complexity index is 742. The highest BCUT2D eigenvalue weighted by molar-refractivity contribution is 9.11. The Morgan fingerprint density at radius 3 is 2.54 bits per heavy atom. The zero-order chi connectivity index (χ0) is 19.3. The van der Waals surface area contributed by atoms with E-state index in [1.165, 1.54) is 20.5 Å². The SMILES string of the molecule is CCCS(=O)(=O)N1CCC(NC(=O)CN(C)C(=O)c2ccc(Br)s2)CC1. The van der Waals surface area contributed by atoms with Gasteiger partial charge in [-0.1, -0.05) is 6.92 Å². The number of hydrogen-bond acceptors (Lipinski definition) is 5. The zero-order valence-corrected chi connectivity index (χ0v) is 18.1. The van der Waals surface area contributed by atoms with E-state index in [9.17, 15) is 18.0 Å². The maximum absolute atomic E-state index is 12.3. The molecule has 146 valence electrons. The molecule has 0 aromatic carbocycles. The molecule has 1 aliphatic rings. The van der Waals surface area contributed by atoms with Gasteiger partial charge in [0.25, 0.3) is 5.91 Å². The minimum absolute atomic E-state index is 0.0251. The van der Waals surface area contributed by atoms with Crippen molar-refractivity contribution >= 4 is 49.1 Å². The lowest BCUT2D eigenvalue weighted by Crippen LogP contribution is -2.49. The van der Waals surface area contributed by atoms with Gasteiger partial charge in [0.1, 0.15) is 0 Å². The predicted octanol–water partition coefficient (Wildman–Crippen LogP) is 1.90. The zero-order valence-electron chi connectivity index (χ0n) is 14.9. The fourth-order valence-corrected chi connectivity index (χ4v) is 5.77. The summed E-state index contributed by atoms with van der Waals surface area (Å²) in [4.78, 5) is 26.4. The first-order valence-electron chi connectivity index (χ1n) is 8.51. The van der Waals surface area contributed by atoms with Crippen LogP contribution in [0.5, 0.6) is 0 Å². The van der Waals surface area contributed by atoms with Crippen LogP contribution in [-0.4, -0.2) is 67.9 Å². The molecule has 10 heteroatoms. The van der Waals surface area contributed by atoms with Gasteiger partial charge in [-0.3, -0.25) is 9.59 Å². The molecule has 1 aromatic rings. The van der Waals surface area contributed by atoms with Gasteiger partial charge in [-0.15, -0.1) is 11.3 Å². The van der Waals surface area contributed by atoms with Gasteiger partial charge >= 0.3 is 0 Å². The summed E-state index contributed by atoms with van der Waals surface area (Å²) < 4.78 is 26.5. The van der Waals surface area contributed by atoms with E-state index in [0.717, 1.165) is 3.79 Å². The van der Waals surface area contributed by atoms with Crippen molar-refractivity contribution in [3.8, 4) is 0 Å². The van der Waals surface area contributed by atoms with Crippen LogP contribution in [0.4, 0.5) is 0 Å². The average molecular weight is 466 g/mol. The quantitative estimate of drug-likeness (QED) is 0.665. The lowest BCUT2D eigenvalue weighted by molar-refractivity contribution is -0.122. The molecular weight excluding hydrogens is 442 g/mol. The molecule has 1 fully saturated rings. The van der Waals surface area contributed by atoms with E-state index < -0.39 is 10.0 Å². The third-order valence-electron chi connectivity index (χ3n) is 4.19. The van der Waals surface area contributed by atoms with Crippen molar-refractivity contribution in [1.29, 1.82) is 0 Å². The summed E-state index contributed by atoms with van der Waals surface area (Å²) in [5.74, 6) is -0.266. The Balaban J connectivity index is 1.79. The summed E-state index contributed by atoms with van der Waals surface area (Å²) in [6.07, 6.45) is 1.77. The van der Waals surface area contributed by atoms with Gasteiger partial charge in [0.15, 0.2) is 0 Å². The normalized spacial score (nSPS) is 16.4. The van der Waals surface area contributed by atoms with Crippen LogP contribution in [0.2, 0.25) is 0 Å². The van der Waals surface area contributed by atoms with Crippen LogP contribution in [0.1, 0.15) is 35.9 Å². The molecule has 2 rings (SSSR count). The Labute approximate surface area is 166 Å². The van der Waals surface area contributed by atoms with Crippen molar-refractivity contribution in [3.05, 3.63) is 20.8 Å². The number of carbonyl (C=O) groups is 2. The number of halogens is 1. The molecule has 1 saturated heterocycles. The van der Waals surface area contributed by atoms with Crippen LogP contribution in [0.3, 0.4) is 0 Å². The van der Waals surface area contributed by atoms with Crippen molar-refractivity contribution in [3.63, 3.8) is 0 Å². The molecule has 0 unspecified atom stereocenters. The Morgan fingerprint density at radius 2 is 2.00 bits per heavy atom. The highest BCUT2D eigenvalue weighted by atomic mass is 79.9. The van der Waals surface area contributed by atoms with Crippen LogP contribution in [0.25, 0.3) is 0 Å². The Hall–Kier alpha value is -0.970. The number of rotatable bonds is 7. The van der Waals surface area contributed by atoms with Crippen LogP contribution >= 0.6 is 27.3 Å². The number of amides is 2. The first-order chi connectivity index (χ1) is 12.2. The van der Waals surface area contributed by atoms with Crippen molar-refractivity contribution in [2.75, 3.05) is 32.4 Å². The van der Waals surface area contributed by atoms with E-state index in [2.05, 4.69) is 21.2 Å². The van der Waals surface area contributed by atoms with Gasteiger partial charge in [0, 0.05) is 26.2 Å². The number of sulfonamides is 1. The van der Waals surface area contributed by atoms with E-state index in [1.54, 1.807) is 19.2 Å². The molecule has 26 heavy (non-hydrogen) atoms. The van der Waals surface area contributed by atoms with Crippen molar-refractivity contribution in [2.24, 2.45) is 0 Å². The standard InChI is InChI=1S/C16H24BrN3O4S2/c1-3-10-26(23,24)20-8-6-12(7-9-20)18-15(21)11-19(2)16(22)13-4-5-14(17)25-13/h4-5,12H,3,6-11H2,1-2H3,(H,18,21). The summed E-state index contributed by atoms with van der Waals surface area (Å²) in [5, 5.41) is 2.91. The van der Waals surface area contributed by atoms with Crippen LogP contribution in [0.15, 0.2) is 15.9 Å². The average Bonchev–Trinajstić information content (AvgIpc) is 3.00. The van der Waals surface area contributed by atoms with Crippen LogP contribution in [-0.2, 0) is 14.8 Å². The lowest BCUT2D eigenvalue weighted by atomic mass is 10.1. The summed E-state index contributed by atoms with van der Waals surface area (Å²) in [7, 11) is -1.59. The van der Waals surface area contributed by atoms with Crippen molar-refractivity contribution in [1.82, 2.24) is 14.5 Å². The molecule has 0 bridgehead atoms. The largest absolute Gasteiger partial charge is 0.352 e. The van der Waals surface area contributed by atoms with Crippen LogP contribution in [0, 0.1) is 0 Å². The first-order valence-corrected chi connectivity index (χ1v) is 11.7. The minimum Gasteiger partial charge on any atom is -0.352 e. The maximum Gasteiger partial charge on any atom is 0.264 e. The van der Waals surface area contributed by atoms with Gasteiger partial charge in [0.05, 0.1) is 21.0 Å². The van der Waals surface area contributed by atoms with Gasteiger partial charge in [0.2, 0.25) is 15.9 Å². The fourth-order valence-electron chi connectivity index (χ4n) is 2.84. The summed E-state index contributed by atoms with van der Waals surface area (Å²) >= 11 is 4.64. The third-order valence-corrected chi connectivity index (χ3v) is 7.87. The topological polar surface area (TPSA) is 86.8 Å². The highest BCUT2D eigenvalue weighted by Gasteiger charge is 2.28. The maximum atomic E-state index is 12.3. The number of thiophene rings is 1. The lowest BCUT2D eigenvalue weighted by Gasteiger charge is -2.31. The summed E-state index contributed by atoms with van der Waals surface area (Å²) in [6, 6.07) is 3.46. The highest BCUT2D eigenvalue weighted by Crippen LogP contribution is 2.23. The number of likely N-dealkylation sites (N-methyl/N-ethyl adjacent to an activating group) is 1. The number of nitrogens with zero attached hydrogens (tertiary/aromatic N) is 2. The molecule has 2 amide bonds. The van der Waals surface area contributed by atoms with E-state index in [1.807, 2.05) is 6.92 Å². The molecule has 7 nitrogen and oxygen atoms in total. The molecular formula is C16H24BrN3O4S2. The second kappa shape index (κ2) is 9.29. The number of carbonyl (C=O) groups excluding carboxylic acids is 2. The number of hydrogen-bond donors (Lipinski definition) is 1. The van der Waals surface area contributed by atoms with E-state index in [0.29, 0.717) is 37.2 Å². The minimum atomic E-state index is -3.18. The monoisotopic (exact) mass is 465 g/mol. The molecule has 1 aromatic heterocycles. The smallest absolute Gasteiger partial charge is 0.264 e. The molecule has 0 aliphatic carbocycles. The molecule has 0 radical (unpaired) electrons. The van der Waals surface area contributed by atoms with Gasteiger partial charge < -0.3 is 10.2 Å². The first kappa shape index (κ1) is 21.3. The van der Waals surface area contributed by atoms with E-state index >= 15 is 0 Å². The number of nitrogens with one attached hydrogen (secondary N) is 1. The molecule has 1 aliphatic heterocycles. The third kappa shape index (κ3) is 5.77. The Morgan fingerprint density at radius 1 is 1.35 bits per heavy atom. The van der Waals surface area contributed by atoms with Crippen molar-refractivity contribution in [2.45, 2.75) is 32.2 Å². The Kier molecular flexibility index (Phi) is 7.63. The van der Waals surface area contributed by atoms with Crippen LogP contribution < -0.4 is 5.32 Å². The summed E-state index contributed by atoms with van der Waals surface area (Å²) in [6.45, 7) is 2.66. The molecule has 0 spiro atoms. The van der Waals surface area contributed by atoms with E-state index in [-0.39, 0.29) is 30.2 Å². The van der Waals surface area contributed by atoms with Gasteiger partial charge in [-0.05, 0) is 47.3 Å². The second-order valence-electron chi connectivity index (χ2n) is 6.32. The summed E-state index contributed by atoms with van der Waals surface area (Å²) in [5.41, 5.74) is 0. The predicted molar refractivity (Wildman–Crippen MR) is 106 cm³/mol. The van der Waals surface area contributed by atoms with E-state index in [4.69, 9.17) is 0 Å². The molecule has 1 N–H and O–H groups in total. The number of piperidine rings is 1. The van der Waals surface area contributed by atoms with Gasteiger partial charge in [-0.2, -0.15) is 0 Å².